The molecule has 4 unspecified atom stereocenters. The number of phosphoric acid groups is 2. The molecule has 17 nitrogen and oxygen atoms in total. The topological polar surface area (TPSA) is 237 Å². The van der Waals surface area contributed by atoms with Gasteiger partial charge in [-0.2, -0.15) is 0 Å². The molecule has 0 aliphatic carbocycles. The molecule has 0 aliphatic heterocycles. The third-order valence-corrected chi connectivity index (χ3v) is 17.3. The normalized spacial score (nSPS) is 15.0. The molecule has 7 atom stereocenters. The largest absolute Gasteiger partial charge is 0.472 e. The number of aliphatic hydroxyl groups excluding tert-OH is 1. The average Bonchev–Trinajstić information content (AvgIpc) is 3.46. The van der Waals surface area contributed by atoms with E-state index < -0.39 is 97.5 Å². The summed E-state index contributed by atoms with van der Waals surface area (Å²) in [4.78, 5) is 72.1. The number of hydrogen-bond donors (Lipinski definition) is 3. The molecule has 19 heteroatoms. The van der Waals surface area contributed by atoms with E-state index in [1.165, 1.54) is 128 Å². The number of esters is 4. The Hall–Kier alpha value is -1.94. The lowest BCUT2D eigenvalue weighted by molar-refractivity contribution is -0.161. The van der Waals surface area contributed by atoms with Crippen LogP contribution in [-0.2, 0) is 65.4 Å². The maximum Gasteiger partial charge on any atom is 0.472 e. The van der Waals surface area contributed by atoms with Crippen molar-refractivity contribution in [2.24, 2.45) is 11.8 Å². The van der Waals surface area contributed by atoms with Gasteiger partial charge in [-0.05, 0) is 37.5 Å². The summed E-state index contributed by atoms with van der Waals surface area (Å²) in [5.74, 6) is -0.614. The van der Waals surface area contributed by atoms with Gasteiger partial charge in [0, 0.05) is 25.7 Å². The fourth-order valence-corrected chi connectivity index (χ4v) is 11.0. The fraction of sp³-hybridized carbons (Fsp3) is 0.938. The molecule has 3 N–H and O–H groups in total. The maximum absolute atomic E-state index is 13.0. The Morgan fingerprint density at radius 2 is 0.578 bits per heavy atom. The smallest absolute Gasteiger partial charge is 0.462 e. The Balaban J connectivity index is 5.24. The van der Waals surface area contributed by atoms with E-state index in [-0.39, 0.29) is 25.7 Å². The Labute approximate surface area is 505 Å². The minimum atomic E-state index is -4.94. The number of phosphoric ester groups is 2. The van der Waals surface area contributed by atoms with Gasteiger partial charge in [0.25, 0.3) is 0 Å². The van der Waals surface area contributed by atoms with Crippen molar-refractivity contribution in [1.82, 2.24) is 0 Å². The molecule has 492 valence electrons. The fourth-order valence-electron chi connectivity index (χ4n) is 9.47. The highest BCUT2D eigenvalue weighted by Crippen LogP contribution is 2.45. The lowest BCUT2D eigenvalue weighted by atomic mass is 9.99. The van der Waals surface area contributed by atoms with Gasteiger partial charge in [-0.1, -0.05) is 266 Å². The van der Waals surface area contributed by atoms with Crippen LogP contribution in [0.1, 0.15) is 318 Å². The first kappa shape index (κ1) is 81.1. The summed E-state index contributed by atoms with van der Waals surface area (Å²) < 4.78 is 67.9. The molecule has 0 spiro atoms. The minimum Gasteiger partial charge on any atom is -0.462 e. The quantitative estimate of drug-likeness (QED) is 0.0222. The summed E-state index contributed by atoms with van der Waals surface area (Å²) in [6.07, 6.45) is 38.9. The van der Waals surface area contributed by atoms with E-state index in [1.807, 2.05) is 0 Å². The zero-order valence-corrected chi connectivity index (χ0v) is 55.3. The van der Waals surface area contributed by atoms with Gasteiger partial charge in [-0.25, -0.2) is 9.13 Å². The summed E-state index contributed by atoms with van der Waals surface area (Å²) in [5, 5.41) is 10.5. The SMILES string of the molecule is CCCCCCCCCCCCCC(=O)OC[C@H](COP(=O)(O)OC[C@@H](O)COP(=O)(O)OC[C@@H](COC(=O)CCCCCCCCCC)OC(=O)CCCCCCCCC(C)CC)OC(=O)CCCCCCCCCCCCC(C)CC. The van der Waals surface area contributed by atoms with Crippen molar-refractivity contribution in [3.63, 3.8) is 0 Å². The molecule has 0 aromatic heterocycles. The highest BCUT2D eigenvalue weighted by molar-refractivity contribution is 7.47. The third-order valence-electron chi connectivity index (χ3n) is 15.4. The van der Waals surface area contributed by atoms with Crippen molar-refractivity contribution in [2.75, 3.05) is 39.6 Å². The predicted molar refractivity (Wildman–Crippen MR) is 331 cm³/mol. The van der Waals surface area contributed by atoms with E-state index in [1.54, 1.807) is 0 Å². The first-order valence-electron chi connectivity index (χ1n) is 33.6. The molecule has 0 fully saturated rings. The van der Waals surface area contributed by atoms with Crippen LogP contribution in [0, 0.1) is 11.8 Å². The van der Waals surface area contributed by atoms with Crippen molar-refractivity contribution < 1.29 is 80.2 Å². The molecule has 0 aliphatic rings. The summed E-state index contributed by atoms with van der Waals surface area (Å²) in [5.41, 5.74) is 0. The van der Waals surface area contributed by atoms with Gasteiger partial charge in [-0.15, -0.1) is 0 Å². The number of ether oxygens (including phenoxy) is 4. The lowest BCUT2D eigenvalue weighted by Crippen LogP contribution is -2.30. The molecule has 0 aromatic carbocycles. The molecule has 0 amide bonds. The molecule has 0 saturated carbocycles. The Bertz CT molecular complexity index is 1640. The molecule has 83 heavy (non-hydrogen) atoms. The lowest BCUT2D eigenvalue weighted by Gasteiger charge is -2.21. The molecule has 0 radical (unpaired) electrons. The van der Waals surface area contributed by atoms with Gasteiger partial charge >= 0.3 is 39.5 Å². The summed E-state index contributed by atoms with van der Waals surface area (Å²) >= 11 is 0. The zero-order valence-electron chi connectivity index (χ0n) is 53.5. The first-order valence-corrected chi connectivity index (χ1v) is 36.6. The van der Waals surface area contributed by atoms with Crippen molar-refractivity contribution >= 4 is 39.5 Å². The van der Waals surface area contributed by atoms with Gasteiger partial charge in [0.1, 0.15) is 19.3 Å². The van der Waals surface area contributed by atoms with E-state index in [4.69, 9.17) is 37.0 Å². The Morgan fingerprint density at radius 3 is 0.855 bits per heavy atom. The number of rotatable bonds is 63. The van der Waals surface area contributed by atoms with Crippen molar-refractivity contribution in [3.8, 4) is 0 Å². The second kappa shape index (κ2) is 56.6. The molecule has 0 aromatic rings. The maximum atomic E-state index is 13.0. The standard InChI is InChI=1S/C64H124O17P2/c1-7-11-13-15-17-19-20-24-28-35-41-47-62(67)75-52-59(80-63(68)48-42-36-29-25-22-21-23-26-32-38-44-56(5)9-3)54-78-82(70,71)76-50-58(65)51-77-83(72,73)79-55-60(53-74-61(66)46-40-34-27-18-16-14-12-8-2)81-64(69)49-43-37-31-30-33-39-45-57(6)10-4/h56-60,65H,7-55H2,1-6H3,(H,70,71)(H,72,73)/t56?,57?,58-,59-,60-/m1/s1. The van der Waals surface area contributed by atoms with Crippen LogP contribution < -0.4 is 0 Å². The van der Waals surface area contributed by atoms with Gasteiger partial charge in [-0.3, -0.25) is 37.3 Å². The monoisotopic (exact) mass is 1230 g/mol. The molecule has 0 heterocycles. The third kappa shape index (κ3) is 56.3. The summed E-state index contributed by atoms with van der Waals surface area (Å²) in [7, 11) is -9.88. The second-order valence-electron chi connectivity index (χ2n) is 23.6. The number of hydrogen-bond acceptors (Lipinski definition) is 15. The van der Waals surface area contributed by atoms with Crippen LogP contribution in [0.15, 0.2) is 0 Å². The van der Waals surface area contributed by atoms with E-state index in [9.17, 15) is 43.2 Å². The van der Waals surface area contributed by atoms with Crippen molar-refractivity contribution in [3.05, 3.63) is 0 Å². The summed E-state index contributed by atoms with van der Waals surface area (Å²) in [6.45, 7) is 9.44. The minimum absolute atomic E-state index is 0.103. The summed E-state index contributed by atoms with van der Waals surface area (Å²) in [6, 6.07) is 0. The zero-order chi connectivity index (χ0) is 61.5. The second-order valence-corrected chi connectivity index (χ2v) is 26.5. The molecule has 0 bridgehead atoms. The van der Waals surface area contributed by atoms with E-state index >= 15 is 0 Å². The van der Waals surface area contributed by atoms with Gasteiger partial charge in [0.15, 0.2) is 12.2 Å². The van der Waals surface area contributed by atoms with E-state index in [0.717, 1.165) is 108 Å². The van der Waals surface area contributed by atoms with E-state index in [2.05, 4.69) is 41.5 Å². The predicted octanol–water partition coefficient (Wildman–Crippen LogP) is 17.7. The number of unbranched alkanes of at least 4 members (excludes halogenated alkanes) is 31. The van der Waals surface area contributed by atoms with Crippen LogP contribution >= 0.6 is 15.6 Å². The molecule has 0 rings (SSSR count). The first-order chi connectivity index (χ1) is 39.9. The highest BCUT2D eigenvalue weighted by Gasteiger charge is 2.30. The van der Waals surface area contributed by atoms with Gasteiger partial charge < -0.3 is 33.8 Å². The number of aliphatic hydroxyl groups is 1. The van der Waals surface area contributed by atoms with Crippen LogP contribution in [0.3, 0.4) is 0 Å². The van der Waals surface area contributed by atoms with E-state index in [0.29, 0.717) is 25.7 Å². The van der Waals surface area contributed by atoms with Crippen LogP contribution in [0.2, 0.25) is 0 Å². The highest BCUT2D eigenvalue weighted by atomic mass is 31.2. The van der Waals surface area contributed by atoms with Crippen LogP contribution in [-0.4, -0.2) is 96.7 Å². The van der Waals surface area contributed by atoms with Crippen LogP contribution in [0.25, 0.3) is 0 Å². The van der Waals surface area contributed by atoms with Crippen LogP contribution in [0.4, 0.5) is 0 Å². The average molecular weight is 1230 g/mol. The molecule has 0 saturated heterocycles. The van der Waals surface area contributed by atoms with Gasteiger partial charge in [0.05, 0.1) is 26.4 Å². The molecular weight excluding hydrogens is 1100 g/mol. The number of carbonyl (C=O) groups is 4. The Kier molecular flexibility index (Phi) is 55.2. The van der Waals surface area contributed by atoms with Crippen molar-refractivity contribution in [1.29, 1.82) is 0 Å². The van der Waals surface area contributed by atoms with Crippen LogP contribution in [0.5, 0.6) is 0 Å². The number of carbonyl (C=O) groups excluding carboxylic acids is 4. The van der Waals surface area contributed by atoms with Gasteiger partial charge in [0.2, 0.25) is 0 Å². The van der Waals surface area contributed by atoms with Crippen molar-refractivity contribution in [2.45, 2.75) is 336 Å². The Morgan fingerprint density at radius 1 is 0.337 bits per heavy atom. The molecular formula is C64H124O17P2.